The molecule has 1 radical (unpaired) electrons. The van der Waals surface area contributed by atoms with E-state index in [1.807, 2.05) is 0 Å². The zero-order valence-electron chi connectivity index (χ0n) is 5.04. The van der Waals surface area contributed by atoms with Gasteiger partial charge in [0.15, 0.2) is 0 Å². The molecule has 0 rings (SSSR count). The summed E-state index contributed by atoms with van der Waals surface area (Å²) in [5.41, 5.74) is 0. The van der Waals surface area contributed by atoms with Gasteiger partial charge in [0, 0.05) is 16.8 Å². The van der Waals surface area contributed by atoms with Crippen molar-refractivity contribution in [2.24, 2.45) is 0 Å². The van der Waals surface area contributed by atoms with E-state index in [1.165, 1.54) is 0 Å². The third-order valence-corrected chi connectivity index (χ3v) is 0.183. The molecule has 0 bridgehead atoms. The molecule has 0 saturated heterocycles. The van der Waals surface area contributed by atoms with Gasteiger partial charge in [-0.1, -0.05) is 0 Å². The number of carbonyl (C=O) groups is 2. The first-order chi connectivity index (χ1) is 2.64. The predicted molar refractivity (Wildman–Crippen MR) is 16.4 cm³/mol. The van der Waals surface area contributed by atoms with Gasteiger partial charge in [0.2, 0.25) is 0 Å². The Bertz CT molecular complexity index is 84.6. The van der Waals surface area contributed by atoms with Gasteiger partial charge in [0.05, 0.1) is 0 Å². The summed E-state index contributed by atoms with van der Waals surface area (Å²) >= 11 is 0. The van der Waals surface area contributed by atoms with E-state index in [2.05, 4.69) is 0 Å². The molecule has 2 N–H and O–H groups in total. The average Bonchev–Trinajstić information content (AvgIpc) is 1.36. The van der Waals surface area contributed by atoms with E-state index < -0.39 is 11.9 Å². The summed E-state index contributed by atoms with van der Waals surface area (Å²) in [6, 6.07) is 0. The number of carboxylic acids is 2. The Morgan fingerprint density at radius 1 is 1.12 bits per heavy atom. The largest absolute Gasteiger partial charge is 1.00 e. The van der Waals surface area contributed by atoms with E-state index in [4.69, 9.17) is 19.8 Å². The fourth-order valence-electron chi connectivity index (χ4n) is 0. The zero-order valence-corrected chi connectivity index (χ0v) is 8.21. The van der Waals surface area contributed by atoms with Gasteiger partial charge in [-0.3, -0.25) is 0 Å². The van der Waals surface area contributed by atoms with Crippen LogP contribution in [0.15, 0.2) is 0 Å². The smallest absolute Gasteiger partial charge is 1.00 e. The van der Waals surface area contributed by atoms with E-state index in [-0.39, 0.29) is 69.6 Å². The molecule has 0 aromatic carbocycles. The Hall–Kier alpha value is 1.08. The molecular weight excluding hydrogens is 186 g/mol. The Kier molecular flexibility index (Phi) is 16.2. The van der Waals surface area contributed by atoms with Crippen molar-refractivity contribution in [3.05, 3.63) is 0 Å². The number of aliphatic carboxylic acids is 2. The molecule has 4 nitrogen and oxygen atoms in total. The molecule has 0 saturated carbocycles. The Balaban J connectivity index is -0.0000000417. The number of rotatable bonds is 0. The van der Waals surface area contributed by atoms with E-state index in [0.717, 1.165) is 0 Å². The first-order valence-electron chi connectivity index (χ1n) is 1.11. The van der Waals surface area contributed by atoms with E-state index in [0.29, 0.717) is 0 Å². The van der Waals surface area contributed by atoms with Gasteiger partial charge < -0.3 is 11.6 Å². The minimum absolute atomic E-state index is 0. The Morgan fingerprint density at radius 2 is 1.25 bits per heavy atom. The second-order valence-corrected chi connectivity index (χ2v) is 0.610. The molecule has 45 valence electrons. The molecule has 0 aliphatic carbocycles. The van der Waals surface area contributed by atoms with Crippen molar-refractivity contribution in [1.82, 2.24) is 0 Å². The molecule has 0 amide bonds. The maximum Gasteiger partial charge on any atom is 1.00 e. The molecule has 0 aromatic heterocycles. The molecule has 0 aromatic rings. The van der Waals surface area contributed by atoms with Crippen molar-refractivity contribution in [2.75, 3.05) is 0 Å². The van der Waals surface area contributed by atoms with Crippen molar-refractivity contribution in [2.45, 2.75) is 0 Å². The van der Waals surface area contributed by atoms with E-state index >= 15 is 0 Å². The first kappa shape index (κ1) is 16.0. The van der Waals surface area contributed by atoms with Gasteiger partial charge >= 0.3 is 63.3 Å². The van der Waals surface area contributed by atoms with Crippen LogP contribution in [-0.2, 0) is 26.4 Å². The van der Waals surface area contributed by atoms with E-state index in [1.54, 1.807) is 0 Å². The minimum Gasteiger partial charge on any atom is -1.00 e. The van der Waals surface area contributed by atoms with Crippen LogP contribution in [0.4, 0.5) is 0 Å². The fraction of sp³-hybridized carbons (Fsp3) is 0. The first-order valence-corrected chi connectivity index (χ1v) is 1.11. The molecule has 0 heterocycles. The fourth-order valence-corrected chi connectivity index (χ4v) is 0. The molecule has 0 unspecified atom stereocenters. The monoisotopic (exact) mass is 189 g/mol. The SMILES string of the molecule is O=C(O)C(=O)O.[Co].[H-].[K+]. The van der Waals surface area contributed by atoms with Crippen molar-refractivity contribution in [3.8, 4) is 0 Å². The summed E-state index contributed by atoms with van der Waals surface area (Å²) in [6.07, 6.45) is 0. The summed E-state index contributed by atoms with van der Waals surface area (Å²) < 4.78 is 0. The van der Waals surface area contributed by atoms with Gasteiger partial charge in [0.25, 0.3) is 0 Å². The Morgan fingerprint density at radius 3 is 1.25 bits per heavy atom. The summed E-state index contributed by atoms with van der Waals surface area (Å²) in [7, 11) is 0. The minimum atomic E-state index is -1.82. The predicted octanol–water partition coefficient (Wildman–Crippen LogP) is -3.73. The van der Waals surface area contributed by atoms with Crippen LogP contribution in [0.2, 0.25) is 0 Å². The third-order valence-electron chi connectivity index (χ3n) is 0.183. The van der Waals surface area contributed by atoms with Gasteiger partial charge in [-0.2, -0.15) is 0 Å². The van der Waals surface area contributed by atoms with Crippen molar-refractivity contribution in [3.63, 3.8) is 0 Å². The molecule has 8 heavy (non-hydrogen) atoms. The number of carboxylic acid groups (broad SMARTS) is 2. The topological polar surface area (TPSA) is 74.6 Å². The third kappa shape index (κ3) is 10.1. The van der Waals surface area contributed by atoms with Crippen LogP contribution in [0.3, 0.4) is 0 Å². The van der Waals surface area contributed by atoms with E-state index in [9.17, 15) is 0 Å². The molecule has 6 heteroatoms. The van der Waals surface area contributed by atoms with Crippen LogP contribution >= 0.6 is 0 Å². The maximum atomic E-state index is 9.10. The summed E-state index contributed by atoms with van der Waals surface area (Å²) in [4.78, 5) is 18.2. The van der Waals surface area contributed by atoms with Crippen LogP contribution in [0.25, 0.3) is 0 Å². The number of hydrogen-bond acceptors (Lipinski definition) is 2. The molecule has 0 aliphatic heterocycles. The van der Waals surface area contributed by atoms with Gasteiger partial charge in [-0.25, -0.2) is 9.59 Å². The molecule has 0 aliphatic rings. The van der Waals surface area contributed by atoms with Crippen LogP contribution < -0.4 is 51.4 Å². The second kappa shape index (κ2) is 8.08. The molecular formula is C2H3CoKO4. The van der Waals surface area contributed by atoms with Crippen LogP contribution in [0.1, 0.15) is 1.43 Å². The van der Waals surface area contributed by atoms with Crippen LogP contribution in [0, 0.1) is 0 Å². The Labute approximate surface area is 99.7 Å². The molecule has 0 atom stereocenters. The summed E-state index contributed by atoms with van der Waals surface area (Å²) in [5.74, 6) is -3.65. The normalized spacial score (nSPS) is 5.50. The number of hydrogen-bond donors (Lipinski definition) is 2. The van der Waals surface area contributed by atoms with Crippen molar-refractivity contribution >= 4 is 11.9 Å². The van der Waals surface area contributed by atoms with Crippen LogP contribution in [-0.4, -0.2) is 22.2 Å². The molecule has 0 fully saturated rings. The standard InChI is InChI=1S/C2H2O4.Co.K.H/c3-1(4)2(5)6;;;/h(H,3,4)(H,5,6);;;/q;;+1;-1. The quantitative estimate of drug-likeness (QED) is 0.303. The summed E-state index contributed by atoms with van der Waals surface area (Å²) in [5, 5.41) is 14.8. The van der Waals surface area contributed by atoms with Crippen molar-refractivity contribution in [1.29, 1.82) is 0 Å². The zero-order chi connectivity index (χ0) is 5.15. The average molecular weight is 189 g/mol. The van der Waals surface area contributed by atoms with Gasteiger partial charge in [-0.05, 0) is 0 Å². The van der Waals surface area contributed by atoms with Crippen molar-refractivity contribution < 1.29 is 89.4 Å². The van der Waals surface area contributed by atoms with Gasteiger partial charge in [0.1, 0.15) is 0 Å². The van der Waals surface area contributed by atoms with Crippen LogP contribution in [0.5, 0.6) is 0 Å². The maximum absolute atomic E-state index is 9.10. The second-order valence-electron chi connectivity index (χ2n) is 0.610. The molecule has 0 spiro atoms. The van der Waals surface area contributed by atoms with Gasteiger partial charge in [-0.15, -0.1) is 0 Å². The summed E-state index contributed by atoms with van der Waals surface area (Å²) in [6.45, 7) is 0.